The summed E-state index contributed by atoms with van der Waals surface area (Å²) in [7, 11) is 0. The zero-order valence-corrected chi connectivity index (χ0v) is 10.7. The Morgan fingerprint density at radius 1 is 1.21 bits per heavy atom. The Labute approximate surface area is 110 Å². The molecule has 1 aromatic carbocycles. The van der Waals surface area contributed by atoms with Crippen molar-refractivity contribution in [2.24, 2.45) is 5.92 Å². The fourth-order valence-corrected chi connectivity index (χ4v) is 2.59. The van der Waals surface area contributed by atoms with Gasteiger partial charge in [-0.3, -0.25) is 0 Å². The molecule has 1 fully saturated rings. The second kappa shape index (κ2) is 5.39. The summed E-state index contributed by atoms with van der Waals surface area (Å²) >= 11 is 0. The highest BCUT2D eigenvalue weighted by Gasteiger charge is 2.42. The van der Waals surface area contributed by atoms with Crippen LogP contribution in [-0.4, -0.2) is 12.2 Å². The first-order valence-electron chi connectivity index (χ1n) is 6.45. The van der Waals surface area contributed by atoms with Gasteiger partial charge in [0.15, 0.2) is 0 Å². The highest BCUT2D eigenvalue weighted by atomic mass is 19.4. The van der Waals surface area contributed by atoms with Crippen LogP contribution in [0.4, 0.5) is 23.2 Å². The van der Waals surface area contributed by atoms with Crippen molar-refractivity contribution >= 4 is 5.69 Å². The third kappa shape index (κ3) is 3.61. The molecule has 0 aromatic heterocycles. The topological polar surface area (TPSA) is 12.0 Å². The molecule has 0 saturated heterocycles. The molecule has 0 amide bonds. The van der Waals surface area contributed by atoms with Crippen molar-refractivity contribution in [2.75, 3.05) is 5.32 Å². The van der Waals surface area contributed by atoms with Crippen molar-refractivity contribution < 1.29 is 17.6 Å². The molecular formula is C14H17F4N. The molecule has 2 atom stereocenters. The van der Waals surface area contributed by atoms with Crippen LogP contribution in [0, 0.1) is 18.7 Å². The number of halogens is 4. The lowest BCUT2D eigenvalue weighted by Crippen LogP contribution is -2.34. The summed E-state index contributed by atoms with van der Waals surface area (Å²) in [5.74, 6) is -1.53. The van der Waals surface area contributed by atoms with Gasteiger partial charge in [-0.15, -0.1) is 0 Å². The quantitative estimate of drug-likeness (QED) is 0.773. The minimum Gasteiger partial charge on any atom is -0.382 e. The van der Waals surface area contributed by atoms with Crippen LogP contribution in [0.1, 0.15) is 31.2 Å². The average Bonchev–Trinajstić information content (AvgIpc) is 2.33. The van der Waals surface area contributed by atoms with Crippen LogP contribution in [0.2, 0.25) is 0 Å². The van der Waals surface area contributed by atoms with Crippen LogP contribution in [0.3, 0.4) is 0 Å². The molecule has 0 aliphatic heterocycles. The Kier molecular flexibility index (Phi) is 4.02. The van der Waals surface area contributed by atoms with Gasteiger partial charge in [-0.25, -0.2) is 4.39 Å². The Hall–Kier alpha value is -1.26. The van der Waals surface area contributed by atoms with Crippen molar-refractivity contribution in [1.82, 2.24) is 0 Å². The Morgan fingerprint density at radius 2 is 1.95 bits per heavy atom. The molecular weight excluding hydrogens is 258 g/mol. The van der Waals surface area contributed by atoms with Crippen molar-refractivity contribution in [2.45, 2.75) is 44.8 Å². The van der Waals surface area contributed by atoms with Crippen molar-refractivity contribution in [3.8, 4) is 0 Å². The standard InChI is InChI=1S/C14H17F4N/c1-9-7-12(5-6-13(9)15)19-11-4-2-3-10(8-11)14(16,17)18/h5-7,10-11,19H,2-4,8H2,1H3. The largest absolute Gasteiger partial charge is 0.391 e. The van der Waals surface area contributed by atoms with Gasteiger partial charge in [-0.2, -0.15) is 13.2 Å². The van der Waals surface area contributed by atoms with E-state index >= 15 is 0 Å². The SMILES string of the molecule is Cc1cc(NC2CCCC(C(F)(F)F)C2)ccc1F. The predicted molar refractivity (Wildman–Crippen MR) is 66.6 cm³/mol. The molecule has 5 heteroatoms. The van der Waals surface area contributed by atoms with Gasteiger partial charge in [0, 0.05) is 11.7 Å². The van der Waals surface area contributed by atoms with E-state index in [1.54, 1.807) is 19.1 Å². The highest BCUT2D eigenvalue weighted by molar-refractivity contribution is 5.46. The molecule has 2 unspecified atom stereocenters. The molecule has 106 valence electrons. The van der Waals surface area contributed by atoms with Crippen LogP contribution >= 0.6 is 0 Å². The fourth-order valence-electron chi connectivity index (χ4n) is 2.59. The maximum absolute atomic E-state index is 13.1. The predicted octanol–water partition coefficient (Wildman–Crippen LogP) is 4.67. The summed E-state index contributed by atoms with van der Waals surface area (Å²) in [6, 6.07) is 4.35. The van der Waals surface area contributed by atoms with Gasteiger partial charge < -0.3 is 5.32 Å². The average molecular weight is 275 g/mol. The summed E-state index contributed by atoms with van der Waals surface area (Å²) < 4.78 is 51.2. The first-order chi connectivity index (χ1) is 8.86. The molecule has 2 rings (SSSR count). The molecule has 1 N–H and O–H groups in total. The van der Waals surface area contributed by atoms with Crippen molar-refractivity contribution in [3.63, 3.8) is 0 Å². The van der Waals surface area contributed by atoms with E-state index in [1.165, 1.54) is 6.07 Å². The number of nitrogens with one attached hydrogen (secondary N) is 1. The minimum atomic E-state index is -4.11. The van der Waals surface area contributed by atoms with E-state index in [9.17, 15) is 17.6 Å². The number of hydrogen-bond acceptors (Lipinski definition) is 1. The molecule has 19 heavy (non-hydrogen) atoms. The smallest absolute Gasteiger partial charge is 0.382 e. The van der Waals surface area contributed by atoms with E-state index in [0.29, 0.717) is 17.7 Å². The summed E-state index contributed by atoms with van der Waals surface area (Å²) in [5.41, 5.74) is 1.18. The van der Waals surface area contributed by atoms with Crippen LogP contribution < -0.4 is 5.32 Å². The van der Waals surface area contributed by atoms with Gasteiger partial charge in [0.2, 0.25) is 0 Å². The molecule has 1 aliphatic rings. The van der Waals surface area contributed by atoms with Gasteiger partial charge >= 0.3 is 6.18 Å². The molecule has 1 aromatic rings. The van der Waals surface area contributed by atoms with Gasteiger partial charge in [-0.1, -0.05) is 6.42 Å². The third-order valence-electron chi connectivity index (χ3n) is 3.67. The van der Waals surface area contributed by atoms with Crippen molar-refractivity contribution in [1.29, 1.82) is 0 Å². The number of alkyl halides is 3. The second-order valence-corrected chi connectivity index (χ2v) is 5.21. The first kappa shape index (κ1) is 14.2. The van der Waals surface area contributed by atoms with Crippen LogP contribution in [0.25, 0.3) is 0 Å². The van der Waals surface area contributed by atoms with E-state index in [0.717, 1.165) is 6.42 Å². The van der Waals surface area contributed by atoms with Crippen LogP contribution in [0.5, 0.6) is 0 Å². The summed E-state index contributed by atoms with van der Waals surface area (Å²) in [6.07, 6.45) is -2.51. The number of rotatable bonds is 2. The minimum absolute atomic E-state index is 0.0971. The zero-order chi connectivity index (χ0) is 14.0. The van der Waals surface area contributed by atoms with Gasteiger partial charge in [0.1, 0.15) is 5.82 Å². The number of benzene rings is 1. The van der Waals surface area contributed by atoms with Crippen molar-refractivity contribution in [3.05, 3.63) is 29.6 Å². The molecule has 1 nitrogen and oxygen atoms in total. The van der Waals surface area contributed by atoms with E-state index in [-0.39, 0.29) is 24.7 Å². The molecule has 0 bridgehead atoms. The van der Waals surface area contributed by atoms with Gasteiger partial charge in [0.05, 0.1) is 5.92 Å². The van der Waals surface area contributed by atoms with Gasteiger partial charge in [0.25, 0.3) is 0 Å². The highest BCUT2D eigenvalue weighted by Crippen LogP contribution is 2.38. The number of hydrogen-bond donors (Lipinski definition) is 1. The summed E-state index contributed by atoms with van der Waals surface area (Å²) in [4.78, 5) is 0. The fraction of sp³-hybridized carbons (Fsp3) is 0.571. The van der Waals surface area contributed by atoms with E-state index in [2.05, 4.69) is 5.32 Å². The zero-order valence-electron chi connectivity index (χ0n) is 10.7. The number of anilines is 1. The first-order valence-corrected chi connectivity index (χ1v) is 6.45. The monoisotopic (exact) mass is 275 g/mol. The maximum Gasteiger partial charge on any atom is 0.391 e. The maximum atomic E-state index is 13.1. The van der Waals surface area contributed by atoms with E-state index in [4.69, 9.17) is 0 Å². The summed E-state index contributed by atoms with van der Waals surface area (Å²) in [6.45, 7) is 1.64. The Balaban J connectivity index is 2.00. The molecule has 0 heterocycles. The molecule has 0 spiro atoms. The lowest BCUT2D eigenvalue weighted by atomic mass is 9.85. The summed E-state index contributed by atoms with van der Waals surface area (Å²) in [5, 5.41) is 3.08. The number of aryl methyl sites for hydroxylation is 1. The van der Waals surface area contributed by atoms with Gasteiger partial charge in [-0.05, 0) is 49.9 Å². The molecule has 1 aliphatic carbocycles. The lowest BCUT2D eigenvalue weighted by molar-refractivity contribution is -0.182. The van der Waals surface area contributed by atoms with Crippen LogP contribution in [0.15, 0.2) is 18.2 Å². The second-order valence-electron chi connectivity index (χ2n) is 5.21. The Morgan fingerprint density at radius 3 is 2.58 bits per heavy atom. The van der Waals surface area contributed by atoms with E-state index in [1.807, 2.05) is 0 Å². The molecule has 1 saturated carbocycles. The normalized spacial score (nSPS) is 24.3. The third-order valence-corrected chi connectivity index (χ3v) is 3.67. The lowest BCUT2D eigenvalue weighted by Gasteiger charge is -2.31. The van der Waals surface area contributed by atoms with E-state index < -0.39 is 12.1 Å². The van der Waals surface area contributed by atoms with Crippen LogP contribution in [-0.2, 0) is 0 Å². The molecule has 0 radical (unpaired) electrons. The Bertz CT molecular complexity index is 442.